The zero-order valence-electron chi connectivity index (χ0n) is 8.90. The normalized spacial score (nSPS) is 8.88. The third-order valence-corrected chi connectivity index (χ3v) is 1.77. The number of esters is 1. The summed E-state index contributed by atoms with van der Waals surface area (Å²) in [5, 5.41) is 0. The third-order valence-electron chi connectivity index (χ3n) is 1.77. The van der Waals surface area contributed by atoms with Crippen molar-refractivity contribution in [3.8, 4) is 30.4 Å². The van der Waals surface area contributed by atoms with Crippen LogP contribution >= 0.6 is 0 Å². The monoisotopic (exact) mass is 232 g/mol. The average Bonchev–Trinajstić information content (AvgIpc) is 2.34. The number of rotatable bonds is 4. The second-order valence-electron chi connectivity index (χ2n) is 2.92. The molecule has 0 heterocycles. The number of hydrogen-bond donors (Lipinski definition) is 0. The zero-order valence-corrected chi connectivity index (χ0v) is 8.90. The molecule has 1 aromatic carbocycles. The van der Waals surface area contributed by atoms with E-state index in [1.807, 2.05) is 0 Å². The van der Waals surface area contributed by atoms with Crippen LogP contribution in [0.25, 0.3) is 0 Å². The number of carbonyl (C=O) groups excluding carboxylic acids is 1. The topological polar surface area (TPSA) is 35.5 Å². The molecule has 4 heteroatoms. The van der Waals surface area contributed by atoms with Crippen LogP contribution in [0.4, 0.5) is 4.39 Å². The van der Waals surface area contributed by atoms with Gasteiger partial charge in [-0.25, -0.2) is 9.18 Å². The largest absolute Gasteiger partial charge is 0.478 e. The summed E-state index contributed by atoms with van der Waals surface area (Å²) in [6, 6.07) is 3.68. The van der Waals surface area contributed by atoms with Crippen LogP contribution in [0.3, 0.4) is 0 Å². The van der Waals surface area contributed by atoms with Crippen LogP contribution in [0.5, 0.6) is 5.75 Å². The summed E-state index contributed by atoms with van der Waals surface area (Å²) in [5.41, 5.74) is 0.0609. The van der Waals surface area contributed by atoms with E-state index in [2.05, 4.69) is 16.6 Å². The molecule has 0 spiro atoms. The van der Waals surface area contributed by atoms with Crippen LogP contribution < -0.4 is 4.74 Å². The zero-order chi connectivity index (χ0) is 12.7. The lowest BCUT2D eigenvalue weighted by Crippen LogP contribution is -2.06. The highest BCUT2D eigenvalue weighted by Crippen LogP contribution is 2.18. The molecule has 0 aliphatic rings. The molecule has 0 saturated heterocycles. The van der Waals surface area contributed by atoms with Crippen molar-refractivity contribution in [2.24, 2.45) is 0 Å². The van der Waals surface area contributed by atoms with Crippen molar-refractivity contribution in [1.29, 1.82) is 0 Å². The second-order valence-corrected chi connectivity index (χ2v) is 2.92. The van der Waals surface area contributed by atoms with Gasteiger partial charge in [-0.2, -0.15) is 0 Å². The van der Waals surface area contributed by atoms with Gasteiger partial charge >= 0.3 is 5.97 Å². The Bertz CT molecular complexity index is 494. The van der Waals surface area contributed by atoms with Gasteiger partial charge < -0.3 is 9.47 Å². The van der Waals surface area contributed by atoms with E-state index in [1.54, 1.807) is 0 Å². The maximum absolute atomic E-state index is 13.4. The Morgan fingerprint density at radius 2 is 2.00 bits per heavy atom. The molecule has 0 bridgehead atoms. The molecular weight excluding hydrogens is 223 g/mol. The number of benzene rings is 1. The maximum Gasteiger partial charge on any atom is 0.339 e. The molecule has 1 aromatic rings. The second kappa shape index (κ2) is 6.19. The number of ether oxygens (including phenoxy) is 2. The van der Waals surface area contributed by atoms with E-state index in [1.165, 1.54) is 12.1 Å². The Hall–Kier alpha value is -2.46. The predicted octanol–water partition coefficient (Wildman–Crippen LogP) is 1.63. The number of carbonyl (C=O) groups is 1. The predicted molar refractivity (Wildman–Crippen MR) is 59.8 cm³/mol. The van der Waals surface area contributed by atoms with Crippen molar-refractivity contribution in [2.75, 3.05) is 13.2 Å². The molecular formula is C13H9FO3. The Morgan fingerprint density at radius 1 is 1.29 bits per heavy atom. The van der Waals surface area contributed by atoms with E-state index < -0.39 is 11.8 Å². The van der Waals surface area contributed by atoms with E-state index in [-0.39, 0.29) is 24.5 Å². The summed E-state index contributed by atoms with van der Waals surface area (Å²) in [4.78, 5) is 11.3. The van der Waals surface area contributed by atoms with Gasteiger partial charge in [0.05, 0.1) is 5.56 Å². The summed E-state index contributed by atoms with van der Waals surface area (Å²) in [6.45, 7) is -0.201. The highest BCUT2D eigenvalue weighted by molar-refractivity contribution is 5.89. The standard InChI is InChI=1S/C13H9FO3/c1-3-7-16-12-6-5-10(9-11(12)14)13(15)17-8-4-2/h1-2,5-6,9H,7-8H2. The minimum Gasteiger partial charge on any atom is -0.478 e. The van der Waals surface area contributed by atoms with Crippen molar-refractivity contribution in [1.82, 2.24) is 0 Å². The summed E-state index contributed by atoms with van der Waals surface area (Å²) in [7, 11) is 0. The fraction of sp³-hybridized carbons (Fsp3) is 0.154. The first-order chi connectivity index (χ1) is 8.19. The minimum absolute atomic E-state index is 0.0172. The van der Waals surface area contributed by atoms with Gasteiger partial charge in [0, 0.05) is 0 Å². The van der Waals surface area contributed by atoms with Gasteiger partial charge in [0.2, 0.25) is 0 Å². The highest BCUT2D eigenvalue weighted by Gasteiger charge is 2.11. The summed E-state index contributed by atoms with van der Waals surface area (Å²) in [6.07, 6.45) is 9.89. The van der Waals surface area contributed by atoms with Gasteiger partial charge in [0.25, 0.3) is 0 Å². The molecule has 0 N–H and O–H groups in total. The smallest absolute Gasteiger partial charge is 0.339 e. The van der Waals surface area contributed by atoms with E-state index in [0.717, 1.165) is 6.07 Å². The molecule has 0 aliphatic heterocycles. The fourth-order valence-corrected chi connectivity index (χ4v) is 1.05. The Morgan fingerprint density at radius 3 is 2.59 bits per heavy atom. The van der Waals surface area contributed by atoms with Gasteiger partial charge in [-0.3, -0.25) is 0 Å². The molecule has 0 unspecified atom stereocenters. The minimum atomic E-state index is -0.689. The fourth-order valence-electron chi connectivity index (χ4n) is 1.05. The lowest BCUT2D eigenvalue weighted by molar-refractivity contribution is 0.0556. The lowest BCUT2D eigenvalue weighted by Gasteiger charge is -2.05. The molecule has 0 fully saturated rings. The molecule has 86 valence electrons. The van der Waals surface area contributed by atoms with Crippen molar-refractivity contribution in [3.05, 3.63) is 29.6 Å². The van der Waals surface area contributed by atoms with Crippen LogP contribution in [-0.4, -0.2) is 19.2 Å². The van der Waals surface area contributed by atoms with Gasteiger partial charge in [-0.15, -0.1) is 12.8 Å². The van der Waals surface area contributed by atoms with E-state index >= 15 is 0 Å². The molecule has 17 heavy (non-hydrogen) atoms. The van der Waals surface area contributed by atoms with Crippen LogP contribution in [0.2, 0.25) is 0 Å². The maximum atomic E-state index is 13.4. The first-order valence-corrected chi connectivity index (χ1v) is 4.65. The number of terminal acetylenes is 2. The first kappa shape index (κ1) is 12.6. The molecule has 0 saturated carbocycles. The number of hydrogen-bond acceptors (Lipinski definition) is 3. The van der Waals surface area contributed by atoms with Crippen molar-refractivity contribution in [2.45, 2.75) is 0 Å². The van der Waals surface area contributed by atoms with Gasteiger partial charge in [-0.05, 0) is 18.2 Å². The van der Waals surface area contributed by atoms with Gasteiger partial charge in [-0.1, -0.05) is 11.8 Å². The summed E-state index contributed by atoms with van der Waals surface area (Å²) >= 11 is 0. The molecule has 0 amide bonds. The first-order valence-electron chi connectivity index (χ1n) is 4.65. The third kappa shape index (κ3) is 3.55. The molecule has 1 rings (SSSR count). The average molecular weight is 232 g/mol. The van der Waals surface area contributed by atoms with E-state index in [9.17, 15) is 9.18 Å². The summed E-state index contributed by atoms with van der Waals surface area (Å²) in [5.74, 6) is 2.95. The molecule has 0 aromatic heterocycles. The van der Waals surface area contributed by atoms with Crippen LogP contribution in [0.1, 0.15) is 10.4 Å². The molecule has 3 nitrogen and oxygen atoms in total. The molecule has 0 radical (unpaired) electrons. The van der Waals surface area contributed by atoms with Crippen LogP contribution in [0.15, 0.2) is 18.2 Å². The molecule has 0 atom stereocenters. The van der Waals surface area contributed by atoms with Crippen molar-refractivity contribution >= 4 is 5.97 Å². The Labute approximate surface area is 98.5 Å². The van der Waals surface area contributed by atoms with E-state index in [0.29, 0.717) is 0 Å². The van der Waals surface area contributed by atoms with Crippen molar-refractivity contribution < 1.29 is 18.7 Å². The lowest BCUT2D eigenvalue weighted by atomic mass is 10.2. The SMILES string of the molecule is C#CCOC(=O)c1ccc(OCC#C)c(F)c1. The Balaban J connectivity index is 2.79. The van der Waals surface area contributed by atoms with Crippen molar-refractivity contribution in [3.63, 3.8) is 0 Å². The van der Waals surface area contributed by atoms with E-state index in [4.69, 9.17) is 17.6 Å². The van der Waals surface area contributed by atoms with Crippen LogP contribution in [0, 0.1) is 30.5 Å². The number of halogens is 1. The quantitative estimate of drug-likeness (QED) is 0.584. The summed E-state index contributed by atoms with van der Waals surface area (Å²) < 4.78 is 23.0. The highest BCUT2D eigenvalue weighted by atomic mass is 19.1. The van der Waals surface area contributed by atoms with Gasteiger partial charge in [0.15, 0.2) is 18.2 Å². The van der Waals surface area contributed by atoms with Crippen LogP contribution in [-0.2, 0) is 4.74 Å². The van der Waals surface area contributed by atoms with Gasteiger partial charge in [0.1, 0.15) is 6.61 Å². The molecule has 0 aliphatic carbocycles. The Kier molecular flexibility index (Phi) is 4.59.